The van der Waals surface area contributed by atoms with Gasteiger partial charge in [0.2, 0.25) is 0 Å². The highest BCUT2D eigenvalue weighted by molar-refractivity contribution is 6.74. The Morgan fingerprint density at radius 3 is 1.50 bits per heavy atom. The van der Waals surface area contributed by atoms with Crippen molar-refractivity contribution in [2.24, 2.45) is 35.5 Å². The predicted molar refractivity (Wildman–Crippen MR) is 262 cm³/mol. The van der Waals surface area contributed by atoms with Crippen molar-refractivity contribution in [3.8, 4) is 0 Å². The molecule has 0 aliphatic carbocycles. The summed E-state index contributed by atoms with van der Waals surface area (Å²) < 4.78 is 31.4. The van der Waals surface area contributed by atoms with Gasteiger partial charge < -0.3 is 53.7 Å². The second kappa shape index (κ2) is 23.6. The fourth-order valence-corrected chi connectivity index (χ4v) is 11.5. The number of epoxide rings is 2. The maximum absolute atomic E-state index is 13.7. The molecule has 0 amide bonds. The van der Waals surface area contributed by atoms with Crippen LogP contribution in [-0.4, -0.2) is 145 Å². The monoisotopic (exact) mass is 973 g/mol. The number of aliphatic hydroxyl groups excluding tert-OH is 5. The first-order valence-corrected chi connectivity index (χ1v) is 30.1. The van der Waals surface area contributed by atoms with Crippen LogP contribution in [0.15, 0.2) is 24.3 Å². The van der Waals surface area contributed by atoms with Crippen LogP contribution in [-0.2, 0) is 37.4 Å². The Morgan fingerprint density at radius 1 is 0.758 bits per heavy atom. The van der Waals surface area contributed by atoms with Crippen LogP contribution >= 0.6 is 0 Å². The number of aliphatic hydroxyl groups is 6. The second-order valence-corrected chi connectivity index (χ2v) is 32.1. The molecule has 384 valence electrons. The average molecular weight is 973 g/mol. The SMILES string of the molecule is C/C=C\[C@H](C)[C@H]1O[C@]1(C)[C@@H](O[Si](C)(C)C(C)(C)C)[C@@H](CO)C(=O)[C@@H]1COC(O)(CC)C[C@H]1O.C/C=C\[C@H](C)[C@H]1O[C@]1(C)[C@@H](O[Si](C)(C)C(C)(C)C)[C@@H](CO)C(=O)[C@H](CO)[C@H](O)CC(=O)CC. The lowest BCUT2D eigenvalue weighted by Gasteiger charge is -2.44. The topological polar surface area (TPSA) is 225 Å². The van der Waals surface area contributed by atoms with E-state index in [4.69, 9.17) is 23.1 Å². The summed E-state index contributed by atoms with van der Waals surface area (Å²) in [6.07, 6.45) is 4.23. The summed E-state index contributed by atoms with van der Waals surface area (Å²) in [4.78, 5) is 39.1. The summed E-state index contributed by atoms with van der Waals surface area (Å²) in [5.41, 5.74) is -1.54. The van der Waals surface area contributed by atoms with Crippen molar-refractivity contribution in [1.82, 2.24) is 0 Å². The van der Waals surface area contributed by atoms with Gasteiger partial charge in [0.15, 0.2) is 22.4 Å². The minimum absolute atomic E-state index is 0.0411. The van der Waals surface area contributed by atoms with Gasteiger partial charge in [0.25, 0.3) is 0 Å². The minimum Gasteiger partial charge on any atom is -0.410 e. The van der Waals surface area contributed by atoms with E-state index in [1.807, 2.05) is 52.8 Å². The van der Waals surface area contributed by atoms with Gasteiger partial charge >= 0.3 is 0 Å². The van der Waals surface area contributed by atoms with Crippen LogP contribution < -0.4 is 0 Å². The molecule has 0 aromatic carbocycles. The molecule has 66 heavy (non-hydrogen) atoms. The van der Waals surface area contributed by atoms with Gasteiger partial charge in [0.1, 0.15) is 28.6 Å². The minimum atomic E-state index is -2.39. The van der Waals surface area contributed by atoms with Crippen molar-refractivity contribution in [3.05, 3.63) is 24.3 Å². The number of ketones is 3. The molecule has 0 radical (unpaired) electrons. The predicted octanol–water partition coefficient (Wildman–Crippen LogP) is 6.68. The number of allylic oxidation sites excluding steroid dienone is 2. The van der Waals surface area contributed by atoms with Gasteiger partial charge in [-0.3, -0.25) is 14.4 Å². The molecule has 0 aromatic rings. The largest absolute Gasteiger partial charge is 0.410 e. The molecule has 0 aromatic heterocycles. The first-order valence-electron chi connectivity index (χ1n) is 24.3. The van der Waals surface area contributed by atoms with Gasteiger partial charge in [0.05, 0.1) is 86.7 Å². The van der Waals surface area contributed by atoms with E-state index in [0.717, 1.165) is 0 Å². The number of carbonyl (C=O) groups is 3. The third-order valence-electron chi connectivity index (χ3n) is 15.5. The molecule has 3 aliphatic rings. The van der Waals surface area contributed by atoms with Gasteiger partial charge in [0, 0.05) is 31.1 Å². The Hall–Kier alpha value is -1.52. The Labute approximate surface area is 399 Å². The lowest BCUT2D eigenvalue weighted by molar-refractivity contribution is -0.258. The van der Waals surface area contributed by atoms with Crippen LogP contribution in [0.1, 0.15) is 123 Å². The van der Waals surface area contributed by atoms with E-state index in [1.165, 1.54) is 0 Å². The zero-order valence-electron chi connectivity index (χ0n) is 43.8. The van der Waals surface area contributed by atoms with E-state index in [1.54, 1.807) is 13.8 Å². The molecule has 0 saturated carbocycles. The molecule has 3 saturated heterocycles. The summed E-state index contributed by atoms with van der Waals surface area (Å²) in [5.74, 6) is -6.12. The number of hydrogen-bond acceptors (Lipinski definition) is 14. The highest BCUT2D eigenvalue weighted by Crippen LogP contribution is 2.52. The lowest BCUT2D eigenvalue weighted by atomic mass is 9.78. The number of hydrogen-bond donors (Lipinski definition) is 6. The molecule has 3 aliphatic heterocycles. The molecular weight excluding hydrogens is 881 g/mol. The summed E-state index contributed by atoms with van der Waals surface area (Å²) in [6, 6.07) is 0. The van der Waals surface area contributed by atoms with Crippen LogP contribution in [0, 0.1) is 35.5 Å². The number of rotatable bonds is 24. The molecule has 0 bridgehead atoms. The van der Waals surface area contributed by atoms with E-state index in [0.29, 0.717) is 6.42 Å². The zero-order valence-corrected chi connectivity index (χ0v) is 45.8. The Balaban J connectivity index is 0.000000453. The summed E-state index contributed by atoms with van der Waals surface area (Å²) >= 11 is 0. The number of Topliss-reactive ketones (excluding diaryl/α,β-unsaturated/α-hetero) is 3. The van der Waals surface area contributed by atoms with Gasteiger partial charge in [-0.15, -0.1) is 0 Å². The first kappa shape index (κ1) is 60.6. The molecule has 3 rings (SSSR count). The van der Waals surface area contributed by atoms with E-state index >= 15 is 0 Å². The Kier molecular flexibility index (Phi) is 21.7. The van der Waals surface area contributed by atoms with Gasteiger partial charge in [-0.1, -0.05) is 93.5 Å². The van der Waals surface area contributed by atoms with Crippen molar-refractivity contribution in [2.45, 2.75) is 212 Å². The van der Waals surface area contributed by atoms with E-state index in [9.17, 15) is 45.0 Å². The third-order valence-corrected chi connectivity index (χ3v) is 24.4. The molecular formula is C50H92O14Si2. The molecule has 14 nitrogen and oxygen atoms in total. The average Bonchev–Trinajstić information content (AvgIpc) is 4.11. The standard InChI is InChI=1S/2C25H46O7Si/c1-10-12-16(3)21-24(7,31-21)22(32-33(8,9)23(4,5)6)17(14-26)20(28)18-15-30-25(29,11-2)13-19(18)27;1-10-12-16(3)22-25(7,31-22)23(32-33(8,9)24(4,5)6)19(15-27)21(30)18(14-26)20(29)13-17(28)11-2/h10,12,16-19,21-22,26-27,29H,11,13-15H2,1-9H3;10,12,16,18-20,22-23,26-27,29H,11,13-15H2,1-9H3/b2*12-10-/t16-,17-,18+,19+,21+,22-,24-,25?;16-,18+,19-,20+,22+,23-,25-/m00/s1. The normalized spacial score (nSPS) is 31.0. The van der Waals surface area contributed by atoms with Crippen LogP contribution in [0.4, 0.5) is 0 Å². The van der Waals surface area contributed by atoms with E-state index in [-0.39, 0.29) is 71.6 Å². The maximum atomic E-state index is 13.7. The fourth-order valence-electron chi connectivity index (χ4n) is 8.73. The molecule has 15 atom stereocenters. The molecule has 0 spiro atoms. The van der Waals surface area contributed by atoms with Crippen LogP contribution in [0.2, 0.25) is 36.3 Å². The Bertz CT molecular complexity index is 1660. The van der Waals surface area contributed by atoms with Crippen molar-refractivity contribution in [1.29, 1.82) is 0 Å². The first-order chi connectivity index (χ1) is 30.2. The smallest absolute Gasteiger partial charge is 0.192 e. The molecule has 16 heteroatoms. The van der Waals surface area contributed by atoms with Crippen LogP contribution in [0.5, 0.6) is 0 Å². The van der Waals surface area contributed by atoms with Gasteiger partial charge in [-0.2, -0.15) is 0 Å². The number of ether oxygens (including phenoxy) is 3. The third kappa shape index (κ3) is 14.3. The van der Waals surface area contributed by atoms with E-state index in [2.05, 4.69) is 80.7 Å². The Morgan fingerprint density at radius 2 is 1.17 bits per heavy atom. The summed E-state index contributed by atoms with van der Waals surface area (Å²) in [6.45, 7) is 34.7. The molecule has 6 N–H and O–H groups in total. The van der Waals surface area contributed by atoms with E-state index < -0.39 is 107 Å². The van der Waals surface area contributed by atoms with Crippen molar-refractivity contribution in [2.75, 3.05) is 26.4 Å². The molecule has 3 fully saturated rings. The maximum Gasteiger partial charge on any atom is 0.192 e. The highest BCUT2D eigenvalue weighted by atomic mass is 28.4. The van der Waals surface area contributed by atoms with Gasteiger partial charge in [-0.25, -0.2) is 0 Å². The van der Waals surface area contributed by atoms with Crippen LogP contribution in [0.25, 0.3) is 0 Å². The summed E-state index contributed by atoms with van der Waals surface area (Å²) in [7, 11) is -4.73. The summed E-state index contributed by atoms with van der Waals surface area (Å²) in [5, 5.41) is 62.1. The van der Waals surface area contributed by atoms with Gasteiger partial charge in [-0.05, 0) is 70.4 Å². The van der Waals surface area contributed by atoms with Crippen LogP contribution in [0.3, 0.4) is 0 Å². The van der Waals surface area contributed by atoms with Crippen molar-refractivity contribution in [3.63, 3.8) is 0 Å². The second-order valence-electron chi connectivity index (χ2n) is 22.6. The van der Waals surface area contributed by atoms with Crippen molar-refractivity contribution >= 4 is 34.0 Å². The molecule has 1 unspecified atom stereocenters. The zero-order chi connectivity index (χ0) is 51.2. The number of carbonyl (C=O) groups excluding carboxylic acids is 3. The lowest BCUT2D eigenvalue weighted by Crippen LogP contribution is -2.56. The fraction of sp³-hybridized carbons (Fsp3) is 0.860. The molecule has 3 heterocycles. The van der Waals surface area contributed by atoms with Crippen molar-refractivity contribution < 1.29 is 68.1 Å². The quantitative estimate of drug-likeness (QED) is 0.0337. The highest BCUT2D eigenvalue weighted by Gasteiger charge is 2.66.